The molecule has 21 heavy (non-hydrogen) atoms. The highest BCUT2D eigenvalue weighted by atomic mass is 16.5. The van der Waals surface area contributed by atoms with E-state index in [-0.39, 0.29) is 5.91 Å². The van der Waals surface area contributed by atoms with Crippen LogP contribution >= 0.6 is 0 Å². The average molecular weight is 290 g/mol. The Morgan fingerprint density at radius 2 is 2.14 bits per heavy atom. The molecule has 1 fully saturated rings. The zero-order valence-electron chi connectivity index (χ0n) is 13.0. The van der Waals surface area contributed by atoms with E-state index >= 15 is 0 Å². The highest BCUT2D eigenvalue weighted by Crippen LogP contribution is 2.31. The van der Waals surface area contributed by atoms with Gasteiger partial charge in [0.15, 0.2) is 0 Å². The molecule has 0 bridgehead atoms. The Labute approximate surface area is 127 Å². The van der Waals surface area contributed by atoms with Crippen molar-refractivity contribution in [2.24, 2.45) is 11.7 Å². The molecule has 1 atom stereocenters. The van der Waals surface area contributed by atoms with Gasteiger partial charge in [0.05, 0.1) is 7.11 Å². The number of amides is 1. The molecular weight excluding hydrogens is 264 g/mol. The number of carbonyl (C=O) groups excluding carboxylic acids is 1. The second-order valence-corrected chi connectivity index (χ2v) is 5.94. The zero-order valence-corrected chi connectivity index (χ0v) is 13.0. The molecule has 0 saturated heterocycles. The van der Waals surface area contributed by atoms with Gasteiger partial charge in [-0.1, -0.05) is 25.1 Å². The fraction of sp³-hybridized carbons (Fsp3) is 0.588. The van der Waals surface area contributed by atoms with Crippen molar-refractivity contribution in [1.82, 2.24) is 4.90 Å². The van der Waals surface area contributed by atoms with Gasteiger partial charge in [-0.15, -0.1) is 0 Å². The summed E-state index contributed by atoms with van der Waals surface area (Å²) < 4.78 is 5.39. The summed E-state index contributed by atoms with van der Waals surface area (Å²) in [6.45, 7) is 3.38. The fourth-order valence-electron chi connectivity index (χ4n) is 2.46. The van der Waals surface area contributed by atoms with Gasteiger partial charge in [-0.3, -0.25) is 4.79 Å². The number of hydrogen-bond donors (Lipinski definition) is 1. The summed E-state index contributed by atoms with van der Waals surface area (Å²) in [4.78, 5) is 14.5. The van der Waals surface area contributed by atoms with E-state index in [9.17, 15) is 4.79 Å². The molecule has 4 heteroatoms. The molecule has 2 N–H and O–H groups in total. The van der Waals surface area contributed by atoms with Crippen molar-refractivity contribution in [3.05, 3.63) is 29.8 Å². The van der Waals surface area contributed by atoms with E-state index in [0.29, 0.717) is 31.5 Å². The predicted octanol–water partition coefficient (Wildman–Crippen LogP) is 2.56. The molecule has 4 nitrogen and oxygen atoms in total. The van der Waals surface area contributed by atoms with Gasteiger partial charge in [-0.2, -0.15) is 0 Å². The minimum absolute atomic E-state index is 0.240. The van der Waals surface area contributed by atoms with Crippen LogP contribution in [0, 0.1) is 5.92 Å². The average Bonchev–Trinajstić information content (AvgIpc) is 3.34. The minimum Gasteiger partial charge on any atom is -0.496 e. The van der Waals surface area contributed by atoms with Crippen LogP contribution in [0.1, 0.15) is 38.2 Å². The molecule has 1 amide bonds. The lowest BCUT2D eigenvalue weighted by Crippen LogP contribution is -2.33. The maximum Gasteiger partial charge on any atom is 0.223 e. The lowest BCUT2D eigenvalue weighted by molar-refractivity contribution is -0.132. The van der Waals surface area contributed by atoms with E-state index in [4.69, 9.17) is 10.5 Å². The van der Waals surface area contributed by atoms with Gasteiger partial charge in [0.25, 0.3) is 0 Å². The molecular formula is C17H26N2O2. The van der Waals surface area contributed by atoms with Crippen molar-refractivity contribution in [1.29, 1.82) is 0 Å². The Balaban J connectivity index is 2.00. The van der Waals surface area contributed by atoms with Crippen molar-refractivity contribution in [3.8, 4) is 5.75 Å². The molecule has 0 spiro atoms. The monoisotopic (exact) mass is 290 g/mol. The smallest absolute Gasteiger partial charge is 0.223 e. The van der Waals surface area contributed by atoms with E-state index in [1.807, 2.05) is 29.2 Å². The molecule has 0 aromatic heterocycles. The van der Waals surface area contributed by atoms with Gasteiger partial charge < -0.3 is 15.4 Å². The number of hydrogen-bond acceptors (Lipinski definition) is 3. The molecule has 1 aliphatic rings. The Kier molecular flexibility index (Phi) is 5.62. The first-order chi connectivity index (χ1) is 10.2. The van der Waals surface area contributed by atoms with Gasteiger partial charge in [0.1, 0.15) is 5.75 Å². The number of benzene rings is 1. The van der Waals surface area contributed by atoms with E-state index in [0.717, 1.165) is 30.6 Å². The van der Waals surface area contributed by atoms with Crippen molar-refractivity contribution < 1.29 is 9.53 Å². The van der Waals surface area contributed by atoms with Crippen LogP contribution in [-0.2, 0) is 11.3 Å². The first-order valence-electron chi connectivity index (χ1n) is 7.77. The molecule has 0 heterocycles. The maximum absolute atomic E-state index is 12.5. The normalized spacial score (nSPS) is 15.6. The highest BCUT2D eigenvalue weighted by molar-refractivity contribution is 5.77. The highest BCUT2D eigenvalue weighted by Gasteiger charge is 2.32. The van der Waals surface area contributed by atoms with Crippen LogP contribution in [0.15, 0.2) is 24.3 Å². The van der Waals surface area contributed by atoms with Crippen LogP contribution in [0.3, 0.4) is 0 Å². The maximum atomic E-state index is 12.5. The third-order valence-corrected chi connectivity index (χ3v) is 4.09. The summed E-state index contributed by atoms with van der Waals surface area (Å²) in [5, 5.41) is 0. The summed E-state index contributed by atoms with van der Waals surface area (Å²) in [5.74, 6) is 1.50. The summed E-state index contributed by atoms with van der Waals surface area (Å²) in [6.07, 6.45) is 3.69. The summed E-state index contributed by atoms with van der Waals surface area (Å²) >= 11 is 0. The number of nitrogens with two attached hydrogens (primary N) is 1. The van der Waals surface area contributed by atoms with Crippen molar-refractivity contribution in [2.45, 2.75) is 45.2 Å². The second kappa shape index (κ2) is 7.46. The third kappa shape index (κ3) is 4.46. The number of carbonyl (C=O) groups is 1. The zero-order chi connectivity index (χ0) is 15.2. The van der Waals surface area contributed by atoms with E-state index < -0.39 is 0 Å². The first kappa shape index (κ1) is 15.8. The lowest BCUT2D eigenvalue weighted by Gasteiger charge is -2.24. The van der Waals surface area contributed by atoms with Crippen LogP contribution in [0.5, 0.6) is 5.75 Å². The SMILES string of the molecule is COc1ccccc1CN(C(=O)CCC(C)CN)C1CC1. The molecule has 2 rings (SSSR count). The van der Waals surface area contributed by atoms with Crippen LogP contribution in [0.25, 0.3) is 0 Å². The van der Waals surface area contributed by atoms with Crippen LogP contribution in [0.4, 0.5) is 0 Å². The van der Waals surface area contributed by atoms with E-state index in [1.165, 1.54) is 0 Å². The lowest BCUT2D eigenvalue weighted by atomic mass is 10.1. The molecule has 1 saturated carbocycles. The van der Waals surface area contributed by atoms with E-state index in [2.05, 4.69) is 6.92 Å². The van der Waals surface area contributed by atoms with E-state index in [1.54, 1.807) is 7.11 Å². The summed E-state index contributed by atoms with van der Waals surface area (Å²) in [6, 6.07) is 8.33. The van der Waals surface area contributed by atoms with Gasteiger partial charge in [0, 0.05) is 24.6 Å². The Morgan fingerprint density at radius 3 is 2.76 bits per heavy atom. The Hall–Kier alpha value is -1.55. The standard InChI is InChI=1S/C17H26N2O2/c1-13(11-18)7-10-17(20)19(15-8-9-15)12-14-5-3-4-6-16(14)21-2/h3-6,13,15H,7-12,18H2,1-2H3. The second-order valence-electron chi connectivity index (χ2n) is 5.94. The summed E-state index contributed by atoms with van der Waals surface area (Å²) in [5.41, 5.74) is 6.70. The summed E-state index contributed by atoms with van der Waals surface area (Å²) in [7, 11) is 1.67. The quantitative estimate of drug-likeness (QED) is 0.800. The Morgan fingerprint density at radius 1 is 1.43 bits per heavy atom. The fourth-order valence-corrected chi connectivity index (χ4v) is 2.46. The van der Waals surface area contributed by atoms with Gasteiger partial charge >= 0.3 is 0 Å². The third-order valence-electron chi connectivity index (χ3n) is 4.09. The van der Waals surface area contributed by atoms with Crippen molar-refractivity contribution >= 4 is 5.91 Å². The molecule has 1 aromatic carbocycles. The molecule has 1 aromatic rings. The number of nitrogens with zero attached hydrogens (tertiary/aromatic N) is 1. The van der Waals surface area contributed by atoms with Crippen molar-refractivity contribution in [3.63, 3.8) is 0 Å². The minimum atomic E-state index is 0.240. The number of para-hydroxylation sites is 1. The molecule has 116 valence electrons. The topological polar surface area (TPSA) is 55.6 Å². The van der Waals surface area contributed by atoms with Gasteiger partial charge in [-0.25, -0.2) is 0 Å². The number of ether oxygens (including phenoxy) is 1. The van der Waals surface area contributed by atoms with Crippen molar-refractivity contribution in [2.75, 3.05) is 13.7 Å². The molecule has 1 unspecified atom stereocenters. The largest absolute Gasteiger partial charge is 0.496 e. The molecule has 0 radical (unpaired) electrons. The van der Waals surface area contributed by atoms with Crippen LogP contribution in [0.2, 0.25) is 0 Å². The first-order valence-corrected chi connectivity index (χ1v) is 7.77. The Bertz CT molecular complexity index is 472. The van der Waals surface area contributed by atoms with Crippen LogP contribution in [-0.4, -0.2) is 30.5 Å². The molecule has 0 aliphatic heterocycles. The number of methoxy groups -OCH3 is 1. The number of rotatable bonds is 8. The predicted molar refractivity (Wildman–Crippen MR) is 84.0 cm³/mol. The van der Waals surface area contributed by atoms with Gasteiger partial charge in [-0.05, 0) is 37.8 Å². The molecule has 1 aliphatic carbocycles. The van der Waals surface area contributed by atoms with Crippen LogP contribution < -0.4 is 10.5 Å². The van der Waals surface area contributed by atoms with Gasteiger partial charge in [0.2, 0.25) is 5.91 Å².